The molecule has 6 nitrogen and oxygen atoms in total. The normalized spacial score (nSPS) is 11.4. The summed E-state index contributed by atoms with van der Waals surface area (Å²) in [7, 11) is -2.37. The zero-order valence-corrected chi connectivity index (χ0v) is 14.0. The van der Waals surface area contributed by atoms with Gasteiger partial charge in [-0.15, -0.1) is 0 Å². The zero-order chi connectivity index (χ0) is 18.0. The molecule has 0 saturated heterocycles. The number of nitrogens with one attached hydrogen (secondary N) is 2. The topological polar surface area (TPSA) is 88.2 Å². The minimum absolute atomic E-state index is 0.0201. The summed E-state index contributed by atoms with van der Waals surface area (Å²) < 4.78 is 39.7. The second-order valence-corrected chi connectivity index (χ2v) is 7.07. The molecule has 2 aromatic carbocycles. The minimum Gasteiger partial charge on any atom is -0.321 e. The van der Waals surface area contributed by atoms with E-state index in [0.29, 0.717) is 11.1 Å². The second-order valence-electron chi connectivity index (χ2n) is 5.18. The highest BCUT2D eigenvalue weighted by atomic mass is 32.2. The summed E-state index contributed by atoms with van der Waals surface area (Å²) >= 11 is 0. The average molecular weight is 359 g/mol. The minimum atomic E-state index is -3.66. The van der Waals surface area contributed by atoms with Crippen LogP contribution in [0.15, 0.2) is 59.6 Å². The van der Waals surface area contributed by atoms with Crippen molar-refractivity contribution in [3.63, 3.8) is 0 Å². The lowest BCUT2D eigenvalue weighted by Crippen LogP contribution is -2.19. The van der Waals surface area contributed by atoms with E-state index < -0.39 is 21.7 Å². The third-order valence-electron chi connectivity index (χ3n) is 3.65. The monoisotopic (exact) mass is 359 g/mol. The van der Waals surface area contributed by atoms with Crippen LogP contribution in [0.2, 0.25) is 0 Å². The van der Waals surface area contributed by atoms with Crippen LogP contribution in [-0.4, -0.2) is 26.4 Å². The molecule has 0 aliphatic heterocycles. The highest BCUT2D eigenvalue weighted by Gasteiger charge is 2.15. The van der Waals surface area contributed by atoms with Crippen LogP contribution in [0.25, 0.3) is 10.9 Å². The van der Waals surface area contributed by atoms with E-state index in [1.165, 1.54) is 49.6 Å². The standard InChI is InChI=1S/C17H14FN3O3S/c1-19-25(23,24)12-5-2-4-11(10-12)17(22)21-15-8-9-20-16-13(15)6-3-7-14(16)18/h2-10,19H,1H3,(H,20,21,22). The van der Waals surface area contributed by atoms with Crippen LogP contribution in [-0.2, 0) is 10.0 Å². The fourth-order valence-corrected chi connectivity index (χ4v) is 3.14. The Balaban J connectivity index is 1.97. The Labute approximate surface area is 143 Å². The fraction of sp³-hybridized carbons (Fsp3) is 0.0588. The summed E-state index contributed by atoms with van der Waals surface area (Å²) in [4.78, 5) is 16.4. The number of aromatic nitrogens is 1. The average Bonchev–Trinajstić information content (AvgIpc) is 2.62. The number of sulfonamides is 1. The van der Waals surface area contributed by atoms with Crippen LogP contribution in [0.3, 0.4) is 0 Å². The molecule has 0 spiro atoms. The number of halogens is 1. The maximum absolute atomic E-state index is 13.8. The van der Waals surface area contributed by atoms with E-state index in [1.807, 2.05) is 0 Å². The Bertz CT molecular complexity index is 1070. The van der Waals surface area contributed by atoms with Gasteiger partial charge in [-0.3, -0.25) is 9.78 Å². The van der Waals surface area contributed by atoms with Gasteiger partial charge in [0, 0.05) is 17.1 Å². The van der Waals surface area contributed by atoms with Crippen molar-refractivity contribution in [1.29, 1.82) is 0 Å². The van der Waals surface area contributed by atoms with Crippen LogP contribution in [0, 0.1) is 5.82 Å². The summed E-state index contributed by atoms with van der Waals surface area (Å²) in [6.45, 7) is 0. The quantitative estimate of drug-likeness (QED) is 0.749. The number of nitrogens with zero attached hydrogens (tertiary/aromatic N) is 1. The molecule has 0 atom stereocenters. The lowest BCUT2D eigenvalue weighted by molar-refractivity contribution is 0.102. The van der Waals surface area contributed by atoms with Crippen molar-refractivity contribution >= 4 is 32.5 Å². The second kappa shape index (κ2) is 6.58. The van der Waals surface area contributed by atoms with E-state index >= 15 is 0 Å². The van der Waals surface area contributed by atoms with E-state index in [4.69, 9.17) is 0 Å². The van der Waals surface area contributed by atoms with E-state index in [-0.39, 0.29) is 16.0 Å². The highest BCUT2D eigenvalue weighted by molar-refractivity contribution is 7.89. The first-order valence-electron chi connectivity index (χ1n) is 7.30. The van der Waals surface area contributed by atoms with Crippen LogP contribution in [0.1, 0.15) is 10.4 Å². The van der Waals surface area contributed by atoms with Gasteiger partial charge in [0.15, 0.2) is 0 Å². The molecule has 128 valence electrons. The maximum Gasteiger partial charge on any atom is 0.255 e. The number of hydrogen-bond donors (Lipinski definition) is 2. The smallest absolute Gasteiger partial charge is 0.255 e. The van der Waals surface area contributed by atoms with Crippen molar-refractivity contribution in [1.82, 2.24) is 9.71 Å². The molecule has 0 radical (unpaired) electrons. The molecule has 0 bridgehead atoms. The third kappa shape index (κ3) is 3.35. The van der Waals surface area contributed by atoms with Gasteiger partial charge in [-0.1, -0.05) is 18.2 Å². The van der Waals surface area contributed by atoms with Crippen LogP contribution in [0.5, 0.6) is 0 Å². The predicted octanol–water partition coefficient (Wildman–Crippen LogP) is 2.53. The molecular formula is C17H14FN3O3S. The first-order chi connectivity index (χ1) is 11.9. The van der Waals surface area contributed by atoms with Crippen molar-refractivity contribution in [3.05, 3.63) is 66.1 Å². The van der Waals surface area contributed by atoms with Gasteiger partial charge >= 0.3 is 0 Å². The molecule has 0 aliphatic carbocycles. The summed E-state index contributed by atoms with van der Waals surface area (Å²) in [6.07, 6.45) is 1.39. The van der Waals surface area contributed by atoms with Crippen molar-refractivity contribution in [2.75, 3.05) is 12.4 Å². The molecule has 1 heterocycles. The Kier molecular flexibility index (Phi) is 4.47. The zero-order valence-electron chi connectivity index (χ0n) is 13.2. The number of carbonyl (C=O) groups is 1. The maximum atomic E-state index is 13.8. The SMILES string of the molecule is CNS(=O)(=O)c1cccc(C(=O)Nc2ccnc3c(F)cccc23)c1. The summed E-state index contributed by atoms with van der Waals surface area (Å²) in [5, 5.41) is 3.12. The molecule has 0 fully saturated rings. The predicted molar refractivity (Wildman–Crippen MR) is 92.3 cm³/mol. The van der Waals surface area contributed by atoms with E-state index in [1.54, 1.807) is 12.1 Å². The summed E-state index contributed by atoms with van der Waals surface area (Å²) in [5.74, 6) is -0.999. The largest absolute Gasteiger partial charge is 0.321 e. The van der Waals surface area contributed by atoms with E-state index in [9.17, 15) is 17.6 Å². The molecule has 3 aromatic rings. The Morgan fingerprint density at radius 1 is 1.12 bits per heavy atom. The van der Waals surface area contributed by atoms with Gasteiger partial charge in [0.1, 0.15) is 11.3 Å². The van der Waals surface area contributed by atoms with Gasteiger partial charge in [-0.05, 0) is 37.4 Å². The Hall–Kier alpha value is -2.84. The van der Waals surface area contributed by atoms with Crippen molar-refractivity contribution in [2.45, 2.75) is 4.90 Å². The molecule has 0 aliphatic rings. The molecule has 25 heavy (non-hydrogen) atoms. The highest BCUT2D eigenvalue weighted by Crippen LogP contribution is 2.24. The van der Waals surface area contributed by atoms with Gasteiger partial charge in [0.05, 0.1) is 10.6 Å². The van der Waals surface area contributed by atoms with Gasteiger partial charge in [0.25, 0.3) is 5.91 Å². The van der Waals surface area contributed by atoms with E-state index in [2.05, 4.69) is 15.0 Å². The number of pyridine rings is 1. The number of benzene rings is 2. The Morgan fingerprint density at radius 2 is 1.88 bits per heavy atom. The number of anilines is 1. The van der Waals surface area contributed by atoms with Crippen LogP contribution in [0.4, 0.5) is 10.1 Å². The number of hydrogen-bond acceptors (Lipinski definition) is 4. The number of amides is 1. The van der Waals surface area contributed by atoms with Crippen LogP contribution < -0.4 is 10.0 Å². The van der Waals surface area contributed by atoms with Gasteiger partial charge in [-0.2, -0.15) is 0 Å². The summed E-state index contributed by atoms with van der Waals surface area (Å²) in [5.41, 5.74) is 0.695. The molecular weight excluding hydrogens is 345 g/mol. The molecule has 0 unspecified atom stereocenters. The van der Waals surface area contributed by atoms with Crippen molar-refractivity contribution in [3.8, 4) is 0 Å². The first-order valence-corrected chi connectivity index (χ1v) is 8.79. The number of carbonyl (C=O) groups excluding carboxylic acids is 1. The van der Waals surface area contributed by atoms with Gasteiger partial charge in [0.2, 0.25) is 10.0 Å². The molecule has 3 rings (SSSR count). The van der Waals surface area contributed by atoms with E-state index in [0.717, 1.165) is 0 Å². The fourth-order valence-electron chi connectivity index (χ4n) is 2.37. The number of para-hydroxylation sites is 1. The number of rotatable bonds is 4. The number of fused-ring (bicyclic) bond motifs is 1. The Morgan fingerprint density at radius 3 is 2.64 bits per heavy atom. The molecule has 2 N–H and O–H groups in total. The van der Waals surface area contributed by atoms with Crippen molar-refractivity contribution < 1.29 is 17.6 Å². The third-order valence-corrected chi connectivity index (χ3v) is 5.06. The van der Waals surface area contributed by atoms with Gasteiger partial charge in [-0.25, -0.2) is 17.5 Å². The lowest BCUT2D eigenvalue weighted by Gasteiger charge is -2.10. The molecule has 1 aromatic heterocycles. The first kappa shape index (κ1) is 17.0. The molecule has 8 heteroatoms. The lowest BCUT2D eigenvalue weighted by atomic mass is 10.1. The molecule has 0 saturated carbocycles. The van der Waals surface area contributed by atoms with Crippen LogP contribution >= 0.6 is 0 Å². The van der Waals surface area contributed by atoms with Gasteiger partial charge < -0.3 is 5.32 Å². The molecule has 1 amide bonds. The summed E-state index contributed by atoms with van der Waals surface area (Å²) in [6, 6.07) is 11.6. The van der Waals surface area contributed by atoms with Crippen molar-refractivity contribution in [2.24, 2.45) is 0 Å².